The van der Waals surface area contributed by atoms with Crippen LogP contribution in [0.25, 0.3) is 0 Å². The highest BCUT2D eigenvalue weighted by Crippen LogP contribution is 2.13. The van der Waals surface area contributed by atoms with E-state index >= 15 is 0 Å². The summed E-state index contributed by atoms with van der Waals surface area (Å²) in [7, 11) is 0. The minimum Gasteiger partial charge on any atom is -0.353 e. The van der Waals surface area contributed by atoms with Crippen LogP contribution in [0.5, 0.6) is 0 Å². The number of benzene rings is 1. The van der Waals surface area contributed by atoms with E-state index in [2.05, 4.69) is 10.6 Å². The van der Waals surface area contributed by atoms with Crippen molar-refractivity contribution in [2.24, 2.45) is 0 Å². The summed E-state index contributed by atoms with van der Waals surface area (Å²) < 4.78 is 0. The molecule has 0 saturated carbocycles. The predicted octanol–water partition coefficient (Wildman–Crippen LogP) is 3.31. The highest BCUT2D eigenvalue weighted by molar-refractivity contribution is 6.30. The molecule has 0 bridgehead atoms. The number of carbonyl (C=O) groups excluding carboxylic acids is 1. The van der Waals surface area contributed by atoms with Crippen LogP contribution in [0.15, 0.2) is 24.3 Å². The number of rotatable bonds is 6. The van der Waals surface area contributed by atoms with E-state index in [9.17, 15) is 4.79 Å². The van der Waals surface area contributed by atoms with Crippen LogP contribution in [0.1, 0.15) is 44.6 Å². The minimum absolute atomic E-state index is 0.135. The standard InChI is InChI=1S/C17H25ClN2O/c1-13(11-14-5-4-6-15(18)12-14)20-17(21)9-8-16-7-2-3-10-19-16/h4-6,12-13,16,19H,2-3,7-11H2,1H3,(H,20,21). The van der Waals surface area contributed by atoms with E-state index in [-0.39, 0.29) is 11.9 Å². The summed E-state index contributed by atoms with van der Waals surface area (Å²) in [6.07, 6.45) is 6.11. The van der Waals surface area contributed by atoms with E-state index in [1.54, 1.807) is 0 Å². The fourth-order valence-corrected chi connectivity index (χ4v) is 3.10. The highest BCUT2D eigenvalue weighted by atomic mass is 35.5. The molecule has 0 radical (unpaired) electrons. The molecule has 21 heavy (non-hydrogen) atoms. The maximum Gasteiger partial charge on any atom is 0.220 e. The van der Waals surface area contributed by atoms with Crippen molar-refractivity contribution < 1.29 is 4.79 Å². The number of nitrogens with one attached hydrogen (secondary N) is 2. The van der Waals surface area contributed by atoms with Crippen LogP contribution in [0.4, 0.5) is 0 Å². The lowest BCUT2D eigenvalue weighted by Crippen LogP contribution is -2.37. The van der Waals surface area contributed by atoms with Crippen molar-refractivity contribution in [3.8, 4) is 0 Å². The van der Waals surface area contributed by atoms with Crippen LogP contribution < -0.4 is 10.6 Å². The summed E-state index contributed by atoms with van der Waals surface area (Å²) in [5.74, 6) is 0.150. The Morgan fingerprint density at radius 3 is 3.05 bits per heavy atom. The Hall–Kier alpha value is -1.06. The number of hydrogen-bond donors (Lipinski definition) is 2. The second-order valence-electron chi connectivity index (χ2n) is 5.99. The van der Waals surface area contributed by atoms with Crippen LogP contribution in [0.2, 0.25) is 5.02 Å². The largest absolute Gasteiger partial charge is 0.353 e. The lowest BCUT2D eigenvalue weighted by Gasteiger charge is -2.23. The summed E-state index contributed by atoms with van der Waals surface area (Å²) in [6, 6.07) is 8.46. The molecule has 1 saturated heterocycles. The topological polar surface area (TPSA) is 41.1 Å². The summed E-state index contributed by atoms with van der Waals surface area (Å²) in [5.41, 5.74) is 1.16. The van der Waals surface area contributed by atoms with E-state index in [0.29, 0.717) is 12.5 Å². The van der Waals surface area contributed by atoms with Gasteiger partial charge in [-0.25, -0.2) is 0 Å². The maximum absolute atomic E-state index is 12.0. The van der Waals surface area contributed by atoms with Gasteiger partial charge >= 0.3 is 0 Å². The second-order valence-corrected chi connectivity index (χ2v) is 6.42. The van der Waals surface area contributed by atoms with Gasteiger partial charge in [0, 0.05) is 23.5 Å². The van der Waals surface area contributed by atoms with Gasteiger partial charge in [-0.2, -0.15) is 0 Å². The molecular formula is C17H25ClN2O. The third-order valence-electron chi connectivity index (χ3n) is 3.97. The molecule has 0 aliphatic carbocycles. The molecule has 4 heteroatoms. The Labute approximate surface area is 132 Å². The molecule has 2 unspecified atom stereocenters. The van der Waals surface area contributed by atoms with Crippen molar-refractivity contribution in [3.63, 3.8) is 0 Å². The Bertz CT molecular complexity index is 458. The van der Waals surface area contributed by atoms with Gasteiger partial charge in [0.05, 0.1) is 0 Å². The van der Waals surface area contributed by atoms with Crippen molar-refractivity contribution in [2.45, 2.75) is 57.5 Å². The summed E-state index contributed by atoms with van der Waals surface area (Å²) in [4.78, 5) is 12.0. The fourth-order valence-electron chi connectivity index (χ4n) is 2.89. The van der Waals surface area contributed by atoms with Crippen molar-refractivity contribution in [2.75, 3.05) is 6.54 Å². The van der Waals surface area contributed by atoms with Gasteiger partial charge in [-0.1, -0.05) is 30.2 Å². The molecule has 1 fully saturated rings. The van der Waals surface area contributed by atoms with E-state index in [1.165, 1.54) is 19.3 Å². The first-order valence-corrected chi connectivity index (χ1v) is 8.28. The summed E-state index contributed by atoms with van der Waals surface area (Å²) in [5, 5.41) is 7.30. The molecule has 0 aromatic heterocycles. The fraction of sp³-hybridized carbons (Fsp3) is 0.588. The maximum atomic E-state index is 12.0. The normalized spacial score (nSPS) is 20.0. The number of piperidine rings is 1. The lowest BCUT2D eigenvalue weighted by molar-refractivity contribution is -0.121. The first kappa shape index (κ1) is 16.3. The molecule has 1 aliphatic heterocycles. The summed E-state index contributed by atoms with van der Waals surface area (Å²) >= 11 is 5.98. The Balaban J connectivity index is 1.69. The van der Waals surface area contributed by atoms with Crippen LogP contribution in [0.3, 0.4) is 0 Å². The van der Waals surface area contributed by atoms with Crippen LogP contribution in [-0.2, 0) is 11.2 Å². The third-order valence-corrected chi connectivity index (χ3v) is 4.21. The molecule has 2 rings (SSSR count). The smallest absolute Gasteiger partial charge is 0.220 e. The van der Waals surface area contributed by atoms with Crippen LogP contribution in [0, 0.1) is 0 Å². The van der Waals surface area contributed by atoms with E-state index in [1.807, 2.05) is 31.2 Å². The van der Waals surface area contributed by atoms with E-state index in [0.717, 1.165) is 30.0 Å². The van der Waals surface area contributed by atoms with Gasteiger partial charge in [-0.05, 0) is 56.8 Å². The quantitative estimate of drug-likeness (QED) is 0.846. The summed E-state index contributed by atoms with van der Waals surface area (Å²) in [6.45, 7) is 3.13. The number of hydrogen-bond acceptors (Lipinski definition) is 2. The zero-order valence-electron chi connectivity index (χ0n) is 12.7. The molecule has 1 heterocycles. The lowest BCUT2D eigenvalue weighted by atomic mass is 10.0. The third kappa shape index (κ3) is 6.06. The SMILES string of the molecule is CC(Cc1cccc(Cl)c1)NC(=O)CCC1CCCCN1. The predicted molar refractivity (Wildman–Crippen MR) is 87.6 cm³/mol. The highest BCUT2D eigenvalue weighted by Gasteiger charge is 2.15. The first-order valence-electron chi connectivity index (χ1n) is 7.90. The Morgan fingerprint density at radius 1 is 1.48 bits per heavy atom. The van der Waals surface area contributed by atoms with E-state index in [4.69, 9.17) is 11.6 Å². The van der Waals surface area contributed by atoms with Gasteiger partial charge in [0.2, 0.25) is 5.91 Å². The molecule has 1 aromatic rings. The van der Waals surface area contributed by atoms with Crippen LogP contribution >= 0.6 is 11.6 Å². The van der Waals surface area contributed by atoms with Gasteiger partial charge in [0.1, 0.15) is 0 Å². The van der Waals surface area contributed by atoms with Crippen LogP contribution in [-0.4, -0.2) is 24.5 Å². The monoisotopic (exact) mass is 308 g/mol. The van der Waals surface area contributed by atoms with Crippen molar-refractivity contribution in [3.05, 3.63) is 34.9 Å². The minimum atomic E-state index is 0.135. The van der Waals surface area contributed by atoms with Gasteiger partial charge in [-0.15, -0.1) is 0 Å². The zero-order valence-corrected chi connectivity index (χ0v) is 13.5. The average molecular weight is 309 g/mol. The van der Waals surface area contributed by atoms with Gasteiger partial charge in [0.15, 0.2) is 0 Å². The Morgan fingerprint density at radius 2 is 2.33 bits per heavy atom. The number of carbonyl (C=O) groups is 1. The molecule has 1 aromatic carbocycles. The molecular weight excluding hydrogens is 284 g/mol. The molecule has 2 N–H and O–H groups in total. The molecule has 1 amide bonds. The van der Waals surface area contributed by atoms with Gasteiger partial charge in [0.25, 0.3) is 0 Å². The zero-order chi connectivity index (χ0) is 15.1. The van der Waals surface area contributed by atoms with Crippen molar-refractivity contribution >= 4 is 17.5 Å². The molecule has 0 spiro atoms. The number of amides is 1. The van der Waals surface area contributed by atoms with E-state index < -0.39 is 0 Å². The van der Waals surface area contributed by atoms with Crippen molar-refractivity contribution in [1.29, 1.82) is 0 Å². The average Bonchev–Trinajstić information content (AvgIpc) is 2.46. The number of halogens is 1. The molecule has 1 aliphatic rings. The first-order chi connectivity index (χ1) is 10.1. The van der Waals surface area contributed by atoms with Gasteiger partial charge in [-0.3, -0.25) is 4.79 Å². The van der Waals surface area contributed by atoms with Gasteiger partial charge < -0.3 is 10.6 Å². The van der Waals surface area contributed by atoms with Crippen molar-refractivity contribution in [1.82, 2.24) is 10.6 Å². The molecule has 3 nitrogen and oxygen atoms in total. The molecule has 2 atom stereocenters. The Kier molecular flexibility index (Phi) is 6.52. The molecule has 116 valence electrons. The second kappa shape index (κ2) is 8.40.